The van der Waals surface area contributed by atoms with Crippen molar-refractivity contribution in [1.29, 1.82) is 0 Å². The van der Waals surface area contributed by atoms with Gasteiger partial charge in [0.2, 0.25) is 0 Å². The van der Waals surface area contributed by atoms with Crippen molar-refractivity contribution in [3.05, 3.63) is 64.1 Å². The molecule has 128 valence electrons. The maximum Gasteiger partial charge on any atom is 0.119 e. The van der Waals surface area contributed by atoms with Crippen LogP contribution in [-0.4, -0.2) is 31.6 Å². The zero-order valence-corrected chi connectivity index (χ0v) is 16.1. The van der Waals surface area contributed by atoms with E-state index in [4.69, 9.17) is 4.74 Å². The predicted molar refractivity (Wildman–Crippen MR) is 102 cm³/mol. The summed E-state index contributed by atoms with van der Waals surface area (Å²) in [5.74, 6) is 0.923. The molecule has 3 atom stereocenters. The van der Waals surface area contributed by atoms with Gasteiger partial charge in [-0.2, -0.15) is 0 Å². The minimum Gasteiger partial charge on any atom is -0.497 e. The molecular formula is C20H25BrN2O. The van der Waals surface area contributed by atoms with Crippen LogP contribution >= 0.6 is 15.9 Å². The zero-order valence-electron chi connectivity index (χ0n) is 14.5. The van der Waals surface area contributed by atoms with E-state index in [1.807, 2.05) is 6.07 Å². The van der Waals surface area contributed by atoms with E-state index in [1.54, 1.807) is 7.11 Å². The molecular weight excluding hydrogens is 364 g/mol. The van der Waals surface area contributed by atoms with Crippen molar-refractivity contribution in [3.63, 3.8) is 0 Å². The molecule has 2 aromatic carbocycles. The highest BCUT2D eigenvalue weighted by atomic mass is 79.9. The summed E-state index contributed by atoms with van der Waals surface area (Å²) in [6, 6.07) is 18.1. The Kier molecular flexibility index (Phi) is 5.59. The number of hydrogen-bond acceptors (Lipinski definition) is 3. The van der Waals surface area contributed by atoms with Gasteiger partial charge in [-0.05, 0) is 55.8 Å². The van der Waals surface area contributed by atoms with Gasteiger partial charge in [0.15, 0.2) is 0 Å². The molecule has 0 amide bonds. The molecule has 0 bridgehead atoms. The van der Waals surface area contributed by atoms with Crippen LogP contribution in [0, 0.1) is 0 Å². The lowest BCUT2D eigenvalue weighted by Crippen LogP contribution is -2.36. The number of ether oxygens (including phenoxy) is 1. The third-order valence-corrected chi connectivity index (χ3v) is 5.39. The van der Waals surface area contributed by atoms with Crippen molar-refractivity contribution in [2.45, 2.75) is 31.5 Å². The number of hydrogen-bond donors (Lipinski definition) is 1. The van der Waals surface area contributed by atoms with Crippen molar-refractivity contribution in [1.82, 2.24) is 10.2 Å². The van der Waals surface area contributed by atoms with E-state index in [1.165, 1.54) is 11.1 Å². The maximum absolute atomic E-state index is 5.40. The Labute approximate surface area is 153 Å². The fourth-order valence-electron chi connectivity index (χ4n) is 3.63. The highest BCUT2D eigenvalue weighted by molar-refractivity contribution is 9.10. The average Bonchev–Trinajstić information content (AvgIpc) is 2.95. The second-order valence-electron chi connectivity index (χ2n) is 6.54. The lowest BCUT2D eigenvalue weighted by Gasteiger charge is -2.29. The topological polar surface area (TPSA) is 24.5 Å². The molecule has 0 aromatic heterocycles. The molecule has 1 saturated heterocycles. The second kappa shape index (κ2) is 7.68. The first-order valence-electron chi connectivity index (χ1n) is 8.44. The van der Waals surface area contributed by atoms with Crippen LogP contribution in [0.25, 0.3) is 0 Å². The summed E-state index contributed by atoms with van der Waals surface area (Å²) in [6.45, 7) is 3.34. The molecule has 1 fully saturated rings. The van der Waals surface area contributed by atoms with Crippen molar-refractivity contribution in [2.24, 2.45) is 0 Å². The molecule has 3 unspecified atom stereocenters. The predicted octanol–water partition coefficient (Wildman–Crippen LogP) is 4.55. The molecule has 24 heavy (non-hydrogen) atoms. The van der Waals surface area contributed by atoms with Crippen LogP contribution in [0.4, 0.5) is 0 Å². The molecule has 0 spiro atoms. The van der Waals surface area contributed by atoms with Crippen molar-refractivity contribution in [3.8, 4) is 5.75 Å². The largest absolute Gasteiger partial charge is 0.497 e. The first-order valence-corrected chi connectivity index (χ1v) is 9.23. The van der Waals surface area contributed by atoms with Gasteiger partial charge in [-0.1, -0.05) is 40.2 Å². The van der Waals surface area contributed by atoms with Crippen LogP contribution in [0.1, 0.15) is 36.6 Å². The second-order valence-corrected chi connectivity index (χ2v) is 7.46. The molecule has 3 nitrogen and oxygen atoms in total. The summed E-state index contributed by atoms with van der Waals surface area (Å²) in [6.07, 6.45) is 1.15. The number of rotatable bonds is 5. The summed E-state index contributed by atoms with van der Waals surface area (Å²) in [7, 11) is 3.93. The molecule has 1 N–H and O–H groups in total. The Morgan fingerprint density at radius 3 is 2.75 bits per heavy atom. The molecule has 3 rings (SSSR count). The maximum atomic E-state index is 5.40. The van der Waals surface area contributed by atoms with Crippen LogP contribution in [0.15, 0.2) is 53.0 Å². The van der Waals surface area contributed by atoms with Gasteiger partial charge in [-0.3, -0.25) is 4.90 Å². The number of benzene rings is 2. The summed E-state index contributed by atoms with van der Waals surface area (Å²) in [5.41, 5.74) is 2.62. The van der Waals surface area contributed by atoms with Crippen molar-refractivity contribution in [2.75, 3.05) is 20.7 Å². The summed E-state index contributed by atoms with van der Waals surface area (Å²) >= 11 is 3.57. The Morgan fingerprint density at radius 2 is 2.00 bits per heavy atom. The van der Waals surface area contributed by atoms with E-state index in [9.17, 15) is 0 Å². The van der Waals surface area contributed by atoms with Gasteiger partial charge >= 0.3 is 0 Å². The van der Waals surface area contributed by atoms with Crippen LogP contribution in [0.5, 0.6) is 5.75 Å². The number of nitrogens with one attached hydrogen (secondary N) is 1. The van der Waals surface area contributed by atoms with E-state index >= 15 is 0 Å². The summed E-state index contributed by atoms with van der Waals surface area (Å²) < 4.78 is 6.53. The molecule has 2 aromatic rings. The highest BCUT2D eigenvalue weighted by Crippen LogP contribution is 2.34. The quantitative estimate of drug-likeness (QED) is 0.812. The third kappa shape index (κ3) is 3.82. The van der Waals surface area contributed by atoms with E-state index < -0.39 is 0 Å². The summed E-state index contributed by atoms with van der Waals surface area (Å²) in [5, 5.41) is 3.84. The van der Waals surface area contributed by atoms with Gasteiger partial charge in [0, 0.05) is 23.1 Å². The SMILES string of the molecule is COc1cccc(C2C(NC(C)c3cccc(Br)c3)CCN2C)c1. The Balaban J connectivity index is 1.79. The fraction of sp³-hybridized carbons (Fsp3) is 0.400. The Morgan fingerprint density at radius 1 is 1.21 bits per heavy atom. The molecule has 1 aliphatic rings. The number of nitrogens with zero attached hydrogens (tertiary/aromatic N) is 1. The first kappa shape index (κ1) is 17.5. The molecule has 0 radical (unpaired) electrons. The number of methoxy groups -OCH3 is 1. The zero-order chi connectivity index (χ0) is 17.1. The molecule has 0 saturated carbocycles. The molecule has 0 aliphatic carbocycles. The average molecular weight is 389 g/mol. The molecule has 4 heteroatoms. The number of likely N-dealkylation sites (N-methyl/N-ethyl adjacent to an activating group) is 1. The Bertz CT molecular complexity index is 691. The van der Waals surface area contributed by atoms with Crippen LogP contribution in [0.3, 0.4) is 0 Å². The number of likely N-dealkylation sites (tertiary alicyclic amines) is 1. The van der Waals surface area contributed by atoms with Gasteiger partial charge in [0.1, 0.15) is 5.75 Å². The summed E-state index contributed by atoms with van der Waals surface area (Å²) in [4.78, 5) is 2.43. The third-order valence-electron chi connectivity index (χ3n) is 4.90. The normalized spacial score (nSPS) is 22.5. The van der Waals surface area contributed by atoms with Gasteiger partial charge in [-0.25, -0.2) is 0 Å². The molecule has 1 heterocycles. The fourth-order valence-corrected chi connectivity index (χ4v) is 4.04. The van der Waals surface area contributed by atoms with Gasteiger partial charge in [0.25, 0.3) is 0 Å². The van der Waals surface area contributed by atoms with Crippen LogP contribution in [0.2, 0.25) is 0 Å². The monoisotopic (exact) mass is 388 g/mol. The van der Waals surface area contributed by atoms with Crippen molar-refractivity contribution >= 4 is 15.9 Å². The first-order chi connectivity index (χ1) is 11.6. The highest BCUT2D eigenvalue weighted by Gasteiger charge is 2.33. The van der Waals surface area contributed by atoms with E-state index in [2.05, 4.69) is 82.6 Å². The van der Waals surface area contributed by atoms with Gasteiger partial charge < -0.3 is 10.1 Å². The lowest BCUT2D eigenvalue weighted by molar-refractivity contribution is 0.277. The lowest BCUT2D eigenvalue weighted by atomic mass is 9.98. The smallest absolute Gasteiger partial charge is 0.119 e. The standard InChI is InChI=1S/C20H25BrN2O/c1-14(15-6-4-8-17(21)12-15)22-19-10-11-23(2)20(19)16-7-5-9-18(13-16)24-3/h4-9,12-14,19-20,22H,10-11H2,1-3H3. The van der Waals surface area contributed by atoms with Crippen LogP contribution in [-0.2, 0) is 0 Å². The van der Waals surface area contributed by atoms with Crippen molar-refractivity contribution < 1.29 is 4.74 Å². The minimum atomic E-state index is 0.312. The minimum absolute atomic E-state index is 0.312. The van der Waals surface area contributed by atoms with Gasteiger partial charge in [-0.15, -0.1) is 0 Å². The van der Waals surface area contributed by atoms with Gasteiger partial charge in [0.05, 0.1) is 13.2 Å². The van der Waals surface area contributed by atoms with Crippen LogP contribution < -0.4 is 10.1 Å². The van der Waals surface area contributed by atoms with E-state index in [0.717, 1.165) is 23.2 Å². The Hall–Kier alpha value is -1.36. The van der Waals surface area contributed by atoms with E-state index in [-0.39, 0.29) is 0 Å². The molecule has 1 aliphatic heterocycles. The number of halogens is 1. The van der Waals surface area contributed by atoms with E-state index in [0.29, 0.717) is 18.1 Å².